The third-order valence-electron chi connectivity index (χ3n) is 4.61. The Morgan fingerprint density at radius 1 is 1.03 bits per heavy atom. The van der Waals surface area contributed by atoms with Crippen LogP contribution in [0.4, 0.5) is 15.8 Å². The lowest BCUT2D eigenvalue weighted by Gasteiger charge is -2.17. The van der Waals surface area contributed by atoms with Gasteiger partial charge in [0.2, 0.25) is 0 Å². The summed E-state index contributed by atoms with van der Waals surface area (Å²) in [5.41, 5.74) is 1.60. The second kappa shape index (κ2) is 10.0. The molecule has 1 atom stereocenters. The Kier molecular flexibility index (Phi) is 7.37. The maximum atomic E-state index is 13.0. The molecule has 0 radical (unpaired) electrons. The second-order valence-electron chi connectivity index (χ2n) is 7.05. The SMILES string of the molecule is CCC(Oc1ccc(F)cc1)C(=O)Nc1ccc(S(=O)(=O)Nc2ccc(C)c(Cl)c2)cc1. The quantitative estimate of drug-likeness (QED) is 0.457. The number of carbonyl (C=O) groups excluding carboxylic acids is 1. The largest absolute Gasteiger partial charge is 0.481 e. The highest BCUT2D eigenvalue weighted by molar-refractivity contribution is 7.92. The van der Waals surface area contributed by atoms with Crippen LogP contribution in [-0.4, -0.2) is 20.4 Å². The highest BCUT2D eigenvalue weighted by Gasteiger charge is 2.20. The van der Waals surface area contributed by atoms with Crippen LogP contribution in [0.1, 0.15) is 18.9 Å². The molecule has 0 heterocycles. The van der Waals surface area contributed by atoms with Crippen LogP contribution >= 0.6 is 11.6 Å². The Morgan fingerprint density at radius 2 is 1.66 bits per heavy atom. The molecule has 0 aliphatic carbocycles. The highest BCUT2D eigenvalue weighted by atomic mass is 35.5. The van der Waals surface area contributed by atoms with E-state index in [9.17, 15) is 17.6 Å². The number of ether oxygens (including phenoxy) is 1. The van der Waals surface area contributed by atoms with Gasteiger partial charge in [-0.15, -0.1) is 0 Å². The fraction of sp³-hybridized carbons (Fsp3) is 0.174. The molecule has 0 aromatic heterocycles. The molecular weight excluding hydrogens is 455 g/mol. The minimum absolute atomic E-state index is 0.0294. The van der Waals surface area contributed by atoms with Gasteiger partial charge in [0.15, 0.2) is 6.10 Å². The van der Waals surface area contributed by atoms with Crippen molar-refractivity contribution < 1.29 is 22.3 Å². The number of hydrogen-bond donors (Lipinski definition) is 2. The van der Waals surface area contributed by atoms with E-state index in [1.54, 1.807) is 19.1 Å². The Bertz CT molecular complexity index is 1200. The number of carbonyl (C=O) groups is 1. The summed E-state index contributed by atoms with van der Waals surface area (Å²) in [5, 5.41) is 3.15. The van der Waals surface area contributed by atoms with Crippen LogP contribution in [-0.2, 0) is 14.8 Å². The summed E-state index contributed by atoms with van der Waals surface area (Å²) < 4.78 is 46.4. The van der Waals surface area contributed by atoms with Gasteiger partial charge in [-0.3, -0.25) is 9.52 Å². The van der Waals surface area contributed by atoms with Crippen LogP contribution in [0.25, 0.3) is 0 Å². The molecule has 0 aliphatic rings. The smallest absolute Gasteiger partial charge is 0.265 e. The number of nitrogens with one attached hydrogen (secondary N) is 2. The molecule has 2 N–H and O–H groups in total. The van der Waals surface area contributed by atoms with E-state index < -0.39 is 27.9 Å². The zero-order chi connectivity index (χ0) is 23.3. The molecule has 0 bridgehead atoms. The zero-order valence-electron chi connectivity index (χ0n) is 17.4. The lowest BCUT2D eigenvalue weighted by atomic mass is 10.2. The fourth-order valence-electron chi connectivity index (χ4n) is 2.81. The van der Waals surface area contributed by atoms with Crippen LogP contribution < -0.4 is 14.8 Å². The molecule has 0 saturated carbocycles. The predicted octanol–water partition coefficient (Wildman–Crippen LogP) is 5.38. The van der Waals surface area contributed by atoms with Gasteiger partial charge in [-0.2, -0.15) is 0 Å². The minimum Gasteiger partial charge on any atom is -0.481 e. The van der Waals surface area contributed by atoms with Crippen LogP contribution in [0, 0.1) is 12.7 Å². The maximum absolute atomic E-state index is 13.0. The number of rotatable bonds is 8. The molecule has 0 saturated heterocycles. The second-order valence-corrected chi connectivity index (χ2v) is 9.14. The average molecular weight is 477 g/mol. The Hall–Kier alpha value is -3.10. The van der Waals surface area contributed by atoms with Crippen molar-refractivity contribution in [3.63, 3.8) is 0 Å². The molecule has 3 aromatic carbocycles. The first-order valence-corrected chi connectivity index (χ1v) is 11.7. The lowest BCUT2D eigenvalue weighted by Crippen LogP contribution is -2.32. The van der Waals surface area contributed by atoms with Crippen LogP contribution in [0.3, 0.4) is 0 Å². The van der Waals surface area contributed by atoms with Gasteiger partial charge in [0.1, 0.15) is 11.6 Å². The van der Waals surface area contributed by atoms with Crippen molar-refractivity contribution in [2.45, 2.75) is 31.3 Å². The van der Waals surface area contributed by atoms with Crippen molar-refractivity contribution in [3.8, 4) is 5.75 Å². The van der Waals surface area contributed by atoms with Crippen molar-refractivity contribution in [3.05, 3.63) is 83.1 Å². The summed E-state index contributed by atoms with van der Waals surface area (Å²) in [6.07, 6.45) is -0.407. The number of benzene rings is 3. The molecule has 6 nitrogen and oxygen atoms in total. The predicted molar refractivity (Wildman–Crippen MR) is 123 cm³/mol. The van der Waals surface area contributed by atoms with E-state index in [2.05, 4.69) is 10.0 Å². The molecule has 9 heteroatoms. The number of halogens is 2. The topological polar surface area (TPSA) is 84.5 Å². The van der Waals surface area contributed by atoms with Gasteiger partial charge in [0.25, 0.3) is 15.9 Å². The summed E-state index contributed by atoms with van der Waals surface area (Å²) in [4.78, 5) is 12.6. The molecule has 1 amide bonds. The maximum Gasteiger partial charge on any atom is 0.265 e. The summed E-state index contributed by atoms with van der Waals surface area (Å²) >= 11 is 6.05. The van der Waals surface area contributed by atoms with E-state index in [0.29, 0.717) is 28.6 Å². The van der Waals surface area contributed by atoms with Crippen molar-refractivity contribution in [1.82, 2.24) is 0 Å². The molecule has 0 aliphatic heterocycles. The van der Waals surface area contributed by atoms with Crippen molar-refractivity contribution in [1.29, 1.82) is 0 Å². The Balaban J connectivity index is 1.66. The van der Waals surface area contributed by atoms with E-state index >= 15 is 0 Å². The molecule has 1 unspecified atom stereocenters. The first-order chi connectivity index (χ1) is 15.2. The monoisotopic (exact) mass is 476 g/mol. The normalized spacial score (nSPS) is 12.1. The van der Waals surface area contributed by atoms with Crippen molar-refractivity contribution in [2.75, 3.05) is 10.0 Å². The van der Waals surface area contributed by atoms with Gasteiger partial charge in [-0.05, 0) is 79.6 Å². The molecule has 0 spiro atoms. The summed E-state index contributed by atoms with van der Waals surface area (Å²) in [5.74, 6) is -0.429. The summed E-state index contributed by atoms with van der Waals surface area (Å²) in [6.45, 7) is 3.61. The number of hydrogen-bond acceptors (Lipinski definition) is 4. The lowest BCUT2D eigenvalue weighted by molar-refractivity contribution is -0.122. The molecular formula is C23H22ClFN2O4S. The molecule has 32 heavy (non-hydrogen) atoms. The van der Waals surface area contributed by atoms with Gasteiger partial charge in [0, 0.05) is 10.7 Å². The van der Waals surface area contributed by atoms with E-state index in [-0.39, 0.29) is 4.90 Å². The Labute approximate surface area is 191 Å². The number of anilines is 2. The molecule has 3 aromatic rings. The number of amides is 1. The third kappa shape index (κ3) is 5.99. The van der Waals surface area contributed by atoms with E-state index in [4.69, 9.17) is 16.3 Å². The number of sulfonamides is 1. The van der Waals surface area contributed by atoms with E-state index in [0.717, 1.165) is 5.56 Å². The fourth-order valence-corrected chi connectivity index (χ4v) is 4.04. The van der Waals surface area contributed by atoms with E-state index in [1.165, 1.54) is 54.6 Å². The van der Waals surface area contributed by atoms with E-state index in [1.807, 2.05) is 6.92 Å². The first-order valence-electron chi connectivity index (χ1n) is 9.80. The van der Waals surface area contributed by atoms with Gasteiger partial charge in [-0.1, -0.05) is 24.6 Å². The van der Waals surface area contributed by atoms with Crippen molar-refractivity contribution in [2.24, 2.45) is 0 Å². The first kappa shape index (κ1) is 23.6. The van der Waals surface area contributed by atoms with Gasteiger partial charge in [0.05, 0.1) is 10.6 Å². The van der Waals surface area contributed by atoms with Gasteiger partial charge >= 0.3 is 0 Å². The molecule has 0 fully saturated rings. The van der Waals surface area contributed by atoms with Gasteiger partial charge < -0.3 is 10.1 Å². The zero-order valence-corrected chi connectivity index (χ0v) is 19.0. The summed E-state index contributed by atoms with van der Waals surface area (Å²) in [7, 11) is -3.83. The average Bonchev–Trinajstić information content (AvgIpc) is 2.76. The third-order valence-corrected chi connectivity index (χ3v) is 6.42. The number of aryl methyl sites for hydroxylation is 1. The molecule has 3 rings (SSSR count). The minimum atomic E-state index is -3.83. The van der Waals surface area contributed by atoms with Crippen molar-refractivity contribution >= 4 is 38.9 Å². The van der Waals surface area contributed by atoms with Crippen LogP contribution in [0.5, 0.6) is 5.75 Å². The van der Waals surface area contributed by atoms with Crippen LogP contribution in [0.2, 0.25) is 5.02 Å². The van der Waals surface area contributed by atoms with Crippen LogP contribution in [0.15, 0.2) is 71.6 Å². The standard InChI is InChI=1S/C23H22ClFN2O4S/c1-3-22(31-19-10-5-16(25)6-11-19)23(28)26-17-8-12-20(13-9-17)32(29,30)27-18-7-4-15(2)21(24)14-18/h4-14,22,27H,3H2,1-2H3,(H,26,28). The van der Waals surface area contributed by atoms with Gasteiger partial charge in [-0.25, -0.2) is 12.8 Å². The molecule has 168 valence electrons. The highest BCUT2D eigenvalue weighted by Crippen LogP contribution is 2.23. The Morgan fingerprint density at radius 3 is 2.25 bits per heavy atom. The summed E-state index contributed by atoms with van der Waals surface area (Å²) in [6, 6.07) is 16.0.